The number of allylic oxidation sites excluding steroid dienone is 2. The second-order valence-corrected chi connectivity index (χ2v) is 3.57. The van der Waals surface area contributed by atoms with Crippen LogP contribution in [0.25, 0.3) is 0 Å². The fraction of sp³-hybridized carbons (Fsp3) is 0.818. The van der Waals surface area contributed by atoms with Crippen LogP contribution in [0.2, 0.25) is 0 Å². The molecule has 1 heterocycles. The van der Waals surface area contributed by atoms with E-state index in [4.69, 9.17) is 0 Å². The van der Waals surface area contributed by atoms with Crippen molar-refractivity contribution in [1.82, 2.24) is 5.32 Å². The van der Waals surface area contributed by atoms with E-state index in [-0.39, 0.29) is 0 Å². The Labute approximate surface area is 76.2 Å². The molecule has 1 N–H and O–H groups in total. The lowest BCUT2D eigenvalue weighted by molar-refractivity contribution is 0.577. The Bertz CT molecular complexity index is 104. The molecule has 70 valence electrons. The summed E-state index contributed by atoms with van der Waals surface area (Å²) in [6, 6.07) is 0. The van der Waals surface area contributed by atoms with Crippen LogP contribution in [0.1, 0.15) is 44.9 Å². The molecule has 1 aliphatic heterocycles. The Hall–Kier alpha value is -0.300. The summed E-state index contributed by atoms with van der Waals surface area (Å²) >= 11 is 0. The molecule has 0 aromatic rings. The van der Waals surface area contributed by atoms with Gasteiger partial charge in [0.05, 0.1) is 0 Å². The molecule has 0 aromatic carbocycles. The van der Waals surface area contributed by atoms with Crippen LogP contribution in [0.3, 0.4) is 0 Å². The number of hydrogen-bond acceptors (Lipinski definition) is 1. The summed E-state index contributed by atoms with van der Waals surface area (Å²) in [5.74, 6) is 0. The van der Waals surface area contributed by atoms with E-state index in [0.717, 1.165) is 0 Å². The predicted octanol–water partition coefficient (Wildman–Crippen LogP) is 2.88. The van der Waals surface area contributed by atoms with Gasteiger partial charge in [0.25, 0.3) is 0 Å². The molecule has 12 heavy (non-hydrogen) atoms. The molecule has 0 amide bonds. The lowest BCUT2D eigenvalue weighted by Crippen LogP contribution is -2.16. The van der Waals surface area contributed by atoms with Crippen molar-refractivity contribution in [2.24, 2.45) is 0 Å². The molecule has 0 saturated heterocycles. The summed E-state index contributed by atoms with van der Waals surface area (Å²) in [5, 5.41) is 3.48. The summed E-state index contributed by atoms with van der Waals surface area (Å²) in [7, 11) is 0. The van der Waals surface area contributed by atoms with Crippen LogP contribution in [0, 0.1) is 0 Å². The molecule has 0 aromatic heterocycles. The van der Waals surface area contributed by atoms with Crippen molar-refractivity contribution >= 4 is 0 Å². The average Bonchev–Trinajstić information content (AvgIpc) is 2.05. The van der Waals surface area contributed by atoms with Crippen molar-refractivity contribution in [3.8, 4) is 0 Å². The van der Waals surface area contributed by atoms with Crippen LogP contribution in [-0.2, 0) is 0 Å². The van der Waals surface area contributed by atoms with Gasteiger partial charge in [-0.05, 0) is 51.6 Å². The van der Waals surface area contributed by atoms with E-state index in [1.54, 1.807) is 0 Å². The zero-order chi connectivity index (χ0) is 8.49. The summed E-state index contributed by atoms with van der Waals surface area (Å²) < 4.78 is 0. The largest absolute Gasteiger partial charge is 0.317 e. The number of nitrogens with one attached hydrogen (secondary N) is 1. The molecule has 0 fully saturated rings. The highest BCUT2D eigenvalue weighted by atomic mass is 14.8. The normalized spacial score (nSPS) is 22.7. The van der Waals surface area contributed by atoms with Gasteiger partial charge in [-0.3, -0.25) is 0 Å². The summed E-state index contributed by atoms with van der Waals surface area (Å²) in [4.78, 5) is 0. The minimum absolute atomic E-state index is 1.22. The van der Waals surface area contributed by atoms with E-state index in [2.05, 4.69) is 17.5 Å². The van der Waals surface area contributed by atoms with E-state index >= 15 is 0 Å². The van der Waals surface area contributed by atoms with Crippen molar-refractivity contribution in [3.63, 3.8) is 0 Å². The SMILES string of the molecule is C1=CCCCCNCCCCC1. The van der Waals surface area contributed by atoms with Gasteiger partial charge < -0.3 is 5.32 Å². The molecule has 0 atom stereocenters. The van der Waals surface area contributed by atoms with Crippen LogP contribution in [-0.4, -0.2) is 13.1 Å². The Morgan fingerprint density at radius 2 is 1.25 bits per heavy atom. The van der Waals surface area contributed by atoms with Crippen molar-refractivity contribution in [2.45, 2.75) is 44.9 Å². The zero-order valence-corrected chi connectivity index (χ0v) is 8.02. The fourth-order valence-corrected chi connectivity index (χ4v) is 1.56. The van der Waals surface area contributed by atoms with Gasteiger partial charge in [0.15, 0.2) is 0 Å². The molecular weight excluding hydrogens is 146 g/mol. The van der Waals surface area contributed by atoms with Gasteiger partial charge >= 0.3 is 0 Å². The molecule has 0 aliphatic carbocycles. The summed E-state index contributed by atoms with van der Waals surface area (Å²) in [5.41, 5.74) is 0. The van der Waals surface area contributed by atoms with Crippen LogP contribution >= 0.6 is 0 Å². The second-order valence-electron chi connectivity index (χ2n) is 3.57. The maximum Gasteiger partial charge on any atom is -0.00488 e. The molecule has 0 spiro atoms. The minimum Gasteiger partial charge on any atom is -0.317 e. The van der Waals surface area contributed by atoms with E-state index in [1.807, 2.05) is 0 Å². The quantitative estimate of drug-likeness (QED) is 0.547. The summed E-state index contributed by atoms with van der Waals surface area (Å²) in [6.07, 6.45) is 14.1. The first-order chi connectivity index (χ1) is 6.00. The Morgan fingerprint density at radius 3 is 2.00 bits per heavy atom. The van der Waals surface area contributed by atoms with Crippen LogP contribution in [0.15, 0.2) is 12.2 Å². The average molecular weight is 167 g/mol. The standard InChI is InChI=1S/C11H21N/c1-2-4-6-8-10-12-11-9-7-5-3-1/h1-2,12H,3-11H2. The Balaban J connectivity index is 2.10. The first-order valence-corrected chi connectivity index (χ1v) is 5.36. The molecule has 1 heteroatoms. The molecule has 0 unspecified atom stereocenters. The van der Waals surface area contributed by atoms with Gasteiger partial charge in [0.2, 0.25) is 0 Å². The van der Waals surface area contributed by atoms with E-state index in [0.29, 0.717) is 0 Å². The number of hydrogen-bond donors (Lipinski definition) is 1. The zero-order valence-electron chi connectivity index (χ0n) is 8.02. The van der Waals surface area contributed by atoms with Gasteiger partial charge in [0, 0.05) is 0 Å². The van der Waals surface area contributed by atoms with Gasteiger partial charge in [-0.15, -0.1) is 0 Å². The van der Waals surface area contributed by atoms with Crippen molar-refractivity contribution < 1.29 is 0 Å². The lowest BCUT2D eigenvalue weighted by atomic mass is 10.1. The maximum atomic E-state index is 3.48. The lowest BCUT2D eigenvalue weighted by Gasteiger charge is -2.04. The Kier molecular flexibility index (Phi) is 6.00. The Morgan fingerprint density at radius 1 is 0.667 bits per heavy atom. The molecule has 0 saturated carbocycles. The monoisotopic (exact) mass is 167 g/mol. The minimum atomic E-state index is 1.22. The maximum absolute atomic E-state index is 3.48. The third-order valence-corrected chi connectivity index (χ3v) is 2.37. The third-order valence-electron chi connectivity index (χ3n) is 2.37. The first-order valence-electron chi connectivity index (χ1n) is 5.36. The van der Waals surface area contributed by atoms with Crippen molar-refractivity contribution in [2.75, 3.05) is 13.1 Å². The van der Waals surface area contributed by atoms with Crippen LogP contribution in [0.5, 0.6) is 0 Å². The molecule has 0 radical (unpaired) electrons. The smallest absolute Gasteiger partial charge is 0.00488 e. The predicted molar refractivity (Wildman–Crippen MR) is 54.3 cm³/mol. The molecule has 1 rings (SSSR count). The van der Waals surface area contributed by atoms with Crippen molar-refractivity contribution in [3.05, 3.63) is 12.2 Å². The molecule has 1 aliphatic rings. The highest BCUT2D eigenvalue weighted by Crippen LogP contribution is 2.03. The van der Waals surface area contributed by atoms with Gasteiger partial charge in [0.1, 0.15) is 0 Å². The molecular formula is C11H21N. The summed E-state index contributed by atoms with van der Waals surface area (Å²) in [6.45, 7) is 2.44. The van der Waals surface area contributed by atoms with Gasteiger partial charge in [-0.2, -0.15) is 0 Å². The van der Waals surface area contributed by atoms with E-state index in [9.17, 15) is 0 Å². The van der Waals surface area contributed by atoms with Crippen LogP contribution in [0.4, 0.5) is 0 Å². The van der Waals surface area contributed by atoms with E-state index in [1.165, 1.54) is 58.0 Å². The second kappa shape index (κ2) is 7.35. The third kappa shape index (κ3) is 5.36. The van der Waals surface area contributed by atoms with Gasteiger partial charge in [-0.25, -0.2) is 0 Å². The van der Waals surface area contributed by atoms with Gasteiger partial charge in [-0.1, -0.05) is 18.6 Å². The van der Waals surface area contributed by atoms with E-state index < -0.39 is 0 Å². The number of rotatable bonds is 0. The van der Waals surface area contributed by atoms with Crippen molar-refractivity contribution in [1.29, 1.82) is 0 Å². The topological polar surface area (TPSA) is 12.0 Å². The fourth-order valence-electron chi connectivity index (χ4n) is 1.56. The van der Waals surface area contributed by atoms with Crippen LogP contribution < -0.4 is 5.32 Å². The molecule has 1 nitrogen and oxygen atoms in total. The highest BCUT2D eigenvalue weighted by Gasteiger charge is 1.91. The first kappa shape index (κ1) is 9.79. The highest BCUT2D eigenvalue weighted by molar-refractivity contribution is 4.81. The molecule has 0 bridgehead atoms.